The summed E-state index contributed by atoms with van der Waals surface area (Å²) in [6.45, 7) is 7.02. The molecular formula is C19H24N6O2. The van der Waals surface area contributed by atoms with Crippen LogP contribution in [0.1, 0.15) is 30.2 Å². The minimum absolute atomic E-state index is 0.199. The van der Waals surface area contributed by atoms with Crippen LogP contribution in [-0.4, -0.2) is 44.2 Å². The lowest BCUT2D eigenvalue weighted by Crippen LogP contribution is -2.40. The Hall–Kier alpha value is -3.16. The Balaban J connectivity index is 1.56. The number of nitrogens with one attached hydrogen (secondary N) is 1. The Kier molecular flexibility index (Phi) is 5.54. The molecule has 0 saturated carbocycles. The molecule has 8 heteroatoms. The van der Waals surface area contributed by atoms with Crippen LogP contribution in [0.3, 0.4) is 0 Å². The fourth-order valence-electron chi connectivity index (χ4n) is 2.59. The van der Waals surface area contributed by atoms with E-state index in [-0.39, 0.29) is 12.1 Å². The topological polar surface area (TPSA) is 89.1 Å². The van der Waals surface area contributed by atoms with E-state index in [2.05, 4.69) is 20.4 Å². The van der Waals surface area contributed by atoms with Crippen molar-refractivity contribution in [2.24, 2.45) is 0 Å². The molecule has 3 rings (SSSR count). The summed E-state index contributed by atoms with van der Waals surface area (Å²) in [6, 6.07) is 7.29. The van der Waals surface area contributed by atoms with Crippen molar-refractivity contribution in [1.82, 2.24) is 29.9 Å². The molecule has 2 aromatic heterocycles. The third-order valence-corrected chi connectivity index (χ3v) is 4.41. The van der Waals surface area contributed by atoms with Crippen LogP contribution >= 0.6 is 0 Å². The summed E-state index contributed by atoms with van der Waals surface area (Å²) in [6.07, 6.45) is 3.65. The normalized spacial score (nSPS) is 12.0. The summed E-state index contributed by atoms with van der Waals surface area (Å²) in [5.41, 5.74) is 2.04. The largest absolute Gasteiger partial charge is 0.337 e. The summed E-state index contributed by atoms with van der Waals surface area (Å²) >= 11 is 0. The third-order valence-electron chi connectivity index (χ3n) is 4.41. The van der Waals surface area contributed by atoms with Gasteiger partial charge in [0.2, 0.25) is 11.7 Å². The Morgan fingerprint density at radius 2 is 2.04 bits per heavy atom. The van der Waals surface area contributed by atoms with Crippen LogP contribution < -0.4 is 5.32 Å². The van der Waals surface area contributed by atoms with Gasteiger partial charge in [0.05, 0.1) is 0 Å². The summed E-state index contributed by atoms with van der Waals surface area (Å²) < 4.78 is 7.32. The fraction of sp³-hybridized carbons (Fsp3) is 0.368. The molecule has 1 aromatic carbocycles. The van der Waals surface area contributed by atoms with Crippen molar-refractivity contribution >= 4 is 6.03 Å². The van der Waals surface area contributed by atoms with E-state index in [0.29, 0.717) is 24.8 Å². The first kappa shape index (κ1) is 18.6. The smallest absolute Gasteiger partial charge is 0.317 e. The first-order chi connectivity index (χ1) is 12.9. The van der Waals surface area contributed by atoms with Crippen LogP contribution in [0, 0.1) is 13.8 Å². The zero-order chi connectivity index (χ0) is 19.4. The van der Waals surface area contributed by atoms with Gasteiger partial charge in [-0.25, -0.2) is 9.78 Å². The van der Waals surface area contributed by atoms with E-state index in [0.717, 1.165) is 17.0 Å². The number of hydrogen-bond acceptors (Lipinski definition) is 5. The lowest BCUT2D eigenvalue weighted by molar-refractivity contribution is 0.200. The van der Waals surface area contributed by atoms with Crippen molar-refractivity contribution in [3.05, 3.63) is 53.9 Å². The standard InChI is InChI=1S/C19H24N6O2/c1-13-5-7-16(8-6-13)17-22-18(27-23-17)14(2)21-19(26)24(4)11-12-25-10-9-20-15(25)3/h5-10,14H,11-12H2,1-4H3,(H,21,26)/t14-/m0/s1. The number of benzene rings is 1. The molecule has 142 valence electrons. The fourth-order valence-corrected chi connectivity index (χ4v) is 2.59. The van der Waals surface area contributed by atoms with Gasteiger partial charge in [0.15, 0.2) is 0 Å². The number of carbonyl (C=O) groups excluding carboxylic acids is 1. The predicted molar refractivity (Wildman–Crippen MR) is 101 cm³/mol. The Bertz CT molecular complexity index is 899. The van der Waals surface area contributed by atoms with Gasteiger partial charge in [0.1, 0.15) is 11.9 Å². The molecule has 0 saturated heterocycles. The Labute approximate surface area is 158 Å². The SMILES string of the molecule is Cc1ccc(-c2noc([C@H](C)NC(=O)N(C)CCn3ccnc3C)n2)cc1. The van der Waals surface area contributed by atoms with Gasteiger partial charge in [-0.2, -0.15) is 4.98 Å². The zero-order valence-electron chi connectivity index (χ0n) is 16.0. The van der Waals surface area contributed by atoms with E-state index < -0.39 is 0 Å². The van der Waals surface area contributed by atoms with Crippen LogP contribution in [0.5, 0.6) is 0 Å². The number of imidazole rings is 1. The van der Waals surface area contributed by atoms with Crippen LogP contribution in [0.25, 0.3) is 11.4 Å². The molecular weight excluding hydrogens is 344 g/mol. The van der Waals surface area contributed by atoms with E-state index in [9.17, 15) is 4.79 Å². The number of rotatable bonds is 6. The first-order valence-electron chi connectivity index (χ1n) is 8.84. The van der Waals surface area contributed by atoms with Crippen molar-refractivity contribution in [2.45, 2.75) is 33.4 Å². The lowest BCUT2D eigenvalue weighted by Gasteiger charge is -2.20. The Morgan fingerprint density at radius 1 is 1.30 bits per heavy atom. The molecule has 27 heavy (non-hydrogen) atoms. The summed E-state index contributed by atoms with van der Waals surface area (Å²) in [5, 5.41) is 6.89. The second-order valence-corrected chi connectivity index (χ2v) is 6.58. The van der Waals surface area contributed by atoms with E-state index in [1.165, 1.54) is 0 Å². The lowest BCUT2D eigenvalue weighted by atomic mass is 10.1. The minimum Gasteiger partial charge on any atom is -0.337 e. The highest BCUT2D eigenvalue weighted by atomic mass is 16.5. The van der Waals surface area contributed by atoms with Gasteiger partial charge in [-0.05, 0) is 20.8 Å². The number of nitrogens with zero attached hydrogens (tertiary/aromatic N) is 5. The molecule has 8 nitrogen and oxygen atoms in total. The second kappa shape index (κ2) is 8.03. The van der Waals surface area contributed by atoms with E-state index in [1.807, 2.05) is 55.8 Å². The second-order valence-electron chi connectivity index (χ2n) is 6.58. The summed E-state index contributed by atoms with van der Waals surface area (Å²) in [7, 11) is 1.75. The molecule has 1 N–H and O–H groups in total. The zero-order valence-corrected chi connectivity index (χ0v) is 16.0. The van der Waals surface area contributed by atoms with E-state index >= 15 is 0 Å². The van der Waals surface area contributed by atoms with E-state index in [4.69, 9.17) is 4.52 Å². The maximum absolute atomic E-state index is 12.4. The Morgan fingerprint density at radius 3 is 2.70 bits per heavy atom. The number of urea groups is 1. The van der Waals surface area contributed by atoms with Crippen LogP contribution in [0.15, 0.2) is 41.2 Å². The van der Waals surface area contributed by atoms with Crippen molar-refractivity contribution in [3.8, 4) is 11.4 Å². The minimum atomic E-state index is -0.387. The molecule has 3 aromatic rings. The van der Waals surface area contributed by atoms with E-state index in [1.54, 1.807) is 18.1 Å². The predicted octanol–water partition coefficient (Wildman–Crippen LogP) is 2.95. The molecule has 0 unspecified atom stereocenters. The van der Waals surface area contributed by atoms with Crippen molar-refractivity contribution in [3.63, 3.8) is 0 Å². The number of aryl methyl sites for hydroxylation is 2. The quantitative estimate of drug-likeness (QED) is 0.722. The van der Waals surface area contributed by atoms with Gasteiger partial charge in [0, 0.05) is 38.1 Å². The van der Waals surface area contributed by atoms with Gasteiger partial charge >= 0.3 is 6.03 Å². The molecule has 1 atom stereocenters. The van der Waals surface area contributed by atoms with Gasteiger partial charge in [-0.1, -0.05) is 35.0 Å². The number of amides is 2. The van der Waals surface area contributed by atoms with Gasteiger partial charge < -0.3 is 19.3 Å². The summed E-state index contributed by atoms with van der Waals surface area (Å²) in [5.74, 6) is 1.81. The van der Waals surface area contributed by atoms with Gasteiger partial charge in [-0.3, -0.25) is 0 Å². The molecule has 0 bridgehead atoms. The molecule has 0 aliphatic heterocycles. The first-order valence-corrected chi connectivity index (χ1v) is 8.84. The highest BCUT2D eigenvalue weighted by Gasteiger charge is 2.19. The van der Waals surface area contributed by atoms with Crippen LogP contribution in [0.4, 0.5) is 4.79 Å². The molecule has 2 amide bonds. The van der Waals surface area contributed by atoms with Gasteiger partial charge in [-0.15, -0.1) is 0 Å². The maximum Gasteiger partial charge on any atom is 0.317 e. The number of hydrogen-bond donors (Lipinski definition) is 1. The number of likely N-dealkylation sites (N-methyl/N-ethyl adjacent to an activating group) is 1. The molecule has 0 aliphatic rings. The number of carbonyl (C=O) groups is 1. The molecule has 2 heterocycles. The molecule has 0 aliphatic carbocycles. The van der Waals surface area contributed by atoms with Crippen molar-refractivity contribution in [1.29, 1.82) is 0 Å². The molecule has 0 spiro atoms. The number of aromatic nitrogens is 4. The highest BCUT2D eigenvalue weighted by molar-refractivity contribution is 5.74. The third kappa shape index (κ3) is 4.52. The molecule has 0 fully saturated rings. The van der Waals surface area contributed by atoms with Crippen molar-refractivity contribution < 1.29 is 9.32 Å². The van der Waals surface area contributed by atoms with Crippen LogP contribution in [0.2, 0.25) is 0 Å². The summed E-state index contributed by atoms with van der Waals surface area (Å²) in [4.78, 5) is 22.6. The average Bonchev–Trinajstić information content (AvgIpc) is 3.29. The van der Waals surface area contributed by atoms with Crippen LogP contribution in [-0.2, 0) is 6.54 Å². The van der Waals surface area contributed by atoms with Crippen molar-refractivity contribution in [2.75, 3.05) is 13.6 Å². The maximum atomic E-state index is 12.4. The monoisotopic (exact) mass is 368 g/mol. The van der Waals surface area contributed by atoms with Gasteiger partial charge in [0.25, 0.3) is 0 Å². The molecule has 0 radical (unpaired) electrons. The highest BCUT2D eigenvalue weighted by Crippen LogP contribution is 2.19. The average molecular weight is 368 g/mol.